The van der Waals surface area contributed by atoms with Gasteiger partial charge >= 0.3 is 5.97 Å². The second-order valence-electron chi connectivity index (χ2n) is 7.21. The predicted octanol–water partition coefficient (Wildman–Crippen LogP) is 3.57. The fourth-order valence-electron chi connectivity index (χ4n) is 3.54. The zero-order chi connectivity index (χ0) is 21.6. The molecule has 3 aromatic carbocycles. The van der Waals surface area contributed by atoms with Gasteiger partial charge in [-0.1, -0.05) is 72.8 Å². The van der Waals surface area contributed by atoms with E-state index in [0.717, 1.165) is 16.6 Å². The Morgan fingerprint density at radius 3 is 1.94 bits per heavy atom. The Morgan fingerprint density at radius 1 is 0.806 bits per heavy atom. The van der Waals surface area contributed by atoms with Gasteiger partial charge in [-0.15, -0.1) is 0 Å². The summed E-state index contributed by atoms with van der Waals surface area (Å²) in [4.78, 5) is 34.0. The number of carbonyl (C=O) groups excluding carboxylic acids is 1. The van der Waals surface area contributed by atoms with Gasteiger partial charge in [-0.2, -0.15) is 0 Å². The number of carboxylic acid groups (broad SMARTS) is 1. The molecule has 1 aromatic heterocycles. The number of benzene rings is 3. The number of nitrogens with zero attached hydrogens (tertiary/aromatic N) is 2. The summed E-state index contributed by atoms with van der Waals surface area (Å²) < 4.78 is 0. The van der Waals surface area contributed by atoms with Crippen molar-refractivity contribution in [3.8, 4) is 0 Å². The molecule has 0 aliphatic heterocycles. The van der Waals surface area contributed by atoms with Crippen LogP contribution in [0.1, 0.15) is 22.7 Å². The molecule has 0 radical (unpaired) electrons. The van der Waals surface area contributed by atoms with E-state index in [9.17, 15) is 14.7 Å². The van der Waals surface area contributed by atoms with Gasteiger partial charge < -0.3 is 10.4 Å². The van der Waals surface area contributed by atoms with Crippen LogP contribution < -0.4 is 5.32 Å². The summed E-state index contributed by atoms with van der Waals surface area (Å²) in [7, 11) is 0. The third kappa shape index (κ3) is 4.75. The largest absolute Gasteiger partial charge is 0.480 e. The molecule has 0 aliphatic carbocycles. The molecule has 6 nitrogen and oxygen atoms in total. The number of fused-ring (bicyclic) bond motifs is 1. The molecular formula is C25H21N3O3. The van der Waals surface area contributed by atoms with E-state index >= 15 is 0 Å². The Balaban J connectivity index is 1.59. The predicted molar refractivity (Wildman–Crippen MR) is 118 cm³/mol. The Bertz CT molecular complexity index is 1160. The van der Waals surface area contributed by atoms with Gasteiger partial charge in [0.2, 0.25) is 5.91 Å². The summed E-state index contributed by atoms with van der Waals surface area (Å²) in [6.07, 6.45) is 1.59. The van der Waals surface area contributed by atoms with Crippen LogP contribution in [-0.4, -0.2) is 33.0 Å². The SMILES string of the molecule is O=C(N[C@@H](Cc1cnc2ccccc2n1)C(=O)O)C(c1ccccc1)c1ccccc1. The van der Waals surface area contributed by atoms with Crippen LogP contribution in [0, 0.1) is 0 Å². The number of para-hydroxylation sites is 2. The molecule has 31 heavy (non-hydrogen) atoms. The zero-order valence-electron chi connectivity index (χ0n) is 16.7. The van der Waals surface area contributed by atoms with Gasteiger partial charge in [-0.25, -0.2) is 9.78 Å². The van der Waals surface area contributed by atoms with E-state index in [4.69, 9.17) is 0 Å². The molecule has 0 saturated carbocycles. The molecule has 154 valence electrons. The van der Waals surface area contributed by atoms with Crippen molar-refractivity contribution in [2.75, 3.05) is 0 Å². The molecule has 0 fully saturated rings. The quantitative estimate of drug-likeness (QED) is 0.485. The first-order chi connectivity index (χ1) is 15.1. The lowest BCUT2D eigenvalue weighted by Gasteiger charge is -2.21. The Morgan fingerprint density at radius 2 is 1.35 bits per heavy atom. The van der Waals surface area contributed by atoms with Gasteiger partial charge in [-0.3, -0.25) is 9.78 Å². The molecule has 0 bridgehead atoms. The normalized spacial score (nSPS) is 11.9. The molecule has 1 heterocycles. The maximum atomic E-state index is 13.3. The van der Waals surface area contributed by atoms with Crippen LogP contribution in [-0.2, 0) is 16.0 Å². The molecule has 0 aliphatic rings. The summed E-state index contributed by atoms with van der Waals surface area (Å²) in [6.45, 7) is 0. The van der Waals surface area contributed by atoms with Crippen molar-refractivity contribution in [2.45, 2.75) is 18.4 Å². The van der Waals surface area contributed by atoms with E-state index in [1.807, 2.05) is 84.9 Å². The monoisotopic (exact) mass is 411 g/mol. The van der Waals surface area contributed by atoms with E-state index in [1.165, 1.54) is 0 Å². The first-order valence-electron chi connectivity index (χ1n) is 9.95. The molecule has 2 N–H and O–H groups in total. The summed E-state index contributed by atoms with van der Waals surface area (Å²) in [5.74, 6) is -2.12. The highest BCUT2D eigenvalue weighted by atomic mass is 16.4. The van der Waals surface area contributed by atoms with Gasteiger partial charge in [0.1, 0.15) is 6.04 Å². The molecule has 4 aromatic rings. The average molecular weight is 411 g/mol. The lowest BCUT2D eigenvalue weighted by molar-refractivity contribution is -0.141. The van der Waals surface area contributed by atoms with Gasteiger partial charge in [-0.05, 0) is 23.3 Å². The molecule has 0 saturated heterocycles. The summed E-state index contributed by atoms with van der Waals surface area (Å²) in [5, 5.41) is 12.5. The number of carbonyl (C=O) groups is 2. The van der Waals surface area contributed by atoms with Crippen molar-refractivity contribution in [1.82, 2.24) is 15.3 Å². The number of amides is 1. The molecule has 6 heteroatoms. The molecule has 0 spiro atoms. The Kier molecular flexibility index (Phi) is 5.98. The average Bonchev–Trinajstić information content (AvgIpc) is 2.80. The second kappa shape index (κ2) is 9.17. The molecule has 0 unspecified atom stereocenters. The molecular weight excluding hydrogens is 390 g/mol. The van der Waals surface area contributed by atoms with Crippen LogP contribution in [0.2, 0.25) is 0 Å². The van der Waals surface area contributed by atoms with E-state index in [0.29, 0.717) is 11.2 Å². The maximum absolute atomic E-state index is 13.3. The Labute approximate surface area is 179 Å². The van der Waals surface area contributed by atoms with Crippen molar-refractivity contribution in [3.63, 3.8) is 0 Å². The van der Waals surface area contributed by atoms with Gasteiger partial charge in [0, 0.05) is 12.6 Å². The van der Waals surface area contributed by atoms with Crippen LogP contribution in [0.15, 0.2) is 91.1 Å². The van der Waals surface area contributed by atoms with Crippen molar-refractivity contribution >= 4 is 22.9 Å². The lowest BCUT2D eigenvalue weighted by Crippen LogP contribution is -2.44. The number of hydrogen-bond donors (Lipinski definition) is 2. The summed E-state index contributed by atoms with van der Waals surface area (Å²) in [6, 6.07) is 24.9. The smallest absolute Gasteiger partial charge is 0.326 e. The molecule has 4 rings (SSSR count). The van der Waals surface area contributed by atoms with Crippen molar-refractivity contribution in [2.24, 2.45) is 0 Å². The van der Waals surface area contributed by atoms with Crippen molar-refractivity contribution in [3.05, 3.63) is 108 Å². The number of carboxylic acids is 1. The minimum atomic E-state index is -1.13. The Hall–Kier alpha value is -4.06. The van der Waals surface area contributed by atoms with Gasteiger partial charge in [0.25, 0.3) is 0 Å². The lowest BCUT2D eigenvalue weighted by atomic mass is 9.90. The minimum Gasteiger partial charge on any atom is -0.480 e. The number of hydrogen-bond acceptors (Lipinski definition) is 4. The van der Waals surface area contributed by atoms with E-state index < -0.39 is 17.9 Å². The third-order valence-electron chi connectivity index (χ3n) is 5.05. The van der Waals surface area contributed by atoms with E-state index in [2.05, 4.69) is 15.3 Å². The summed E-state index contributed by atoms with van der Waals surface area (Å²) in [5.41, 5.74) is 3.50. The van der Waals surface area contributed by atoms with Gasteiger partial charge in [0.05, 0.1) is 22.6 Å². The van der Waals surface area contributed by atoms with Gasteiger partial charge in [0.15, 0.2) is 0 Å². The maximum Gasteiger partial charge on any atom is 0.326 e. The second-order valence-corrected chi connectivity index (χ2v) is 7.21. The standard InChI is InChI=1S/C25H21N3O3/c29-24(23(17-9-3-1-4-10-17)18-11-5-2-6-12-18)28-22(25(30)31)15-19-16-26-20-13-7-8-14-21(20)27-19/h1-14,16,22-23H,15H2,(H,28,29)(H,30,31)/t22-/m0/s1. The number of nitrogens with one attached hydrogen (secondary N) is 1. The first-order valence-corrected chi connectivity index (χ1v) is 9.95. The van der Waals surface area contributed by atoms with Crippen LogP contribution in [0.25, 0.3) is 11.0 Å². The van der Waals surface area contributed by atoms with Crippen molar-refractivity contribution < 1.29 is 14.7 Å². The van der Waals surface area contributed by atoms with Crippen LogP contribution >= 0.6 is 0 Å². The van der Waals surface area contributed by atoms with Crippen LogP contribution in [0.3, 0.4) is 0 Å². The number of aliphatic carboxylic acids is 1. The fraction of sp³-hybridized carbons (Fsp3) is 0.120. The highest BCUT2D eigenvalue weighted by molar-refractivity contribution is 5.90. The third-order valence-corrected chi connectivity index (χ3v) is 5.05. The molecule has 1 amide bonds. The number of aromatic nitrogens is 2. The van der Waals surface area contributed by atoms with Crippen LogP contribution in [0.4, 0.5) is 0 Å². The highest BCUT2D eigenvalue weighted by Gasteiger charge is 2.28. The topological polar surface area (TPSA) is 92.2 Å². The zero-order valence-corrected chi connectivity index (χ0v) is 16.7. The van der Waals surface area contributed by atoms with E-state index in [-0.39, 0.29) is 12.3 Å². The van der Waals surface area contributed by atoms with Crippen LogP contribution in [0.5, 0.6) is 0 Å². The first kappa shape index (κ1) is 20.2. The van der Waals surface area contributed by atoms with E-state index in [1.54, 1.807) is 6.20 Å². The number of rotatable bonds is 7. The highest BCUT2D eigenvalue weighted by Crippen LogP contribution is 2.25. The minimum absolute atomic E-state index is 0.0369. The van der Waals surface area contributed by atoms with Crippen molar-refractivity contribution in [1.29, 1.82) is 0 Å². The summed E-state index contributed by atoms with van der Waals surface area (Å²) >= 11 is 0. The molecule has 1 atom stereocenters. The fourth-order valence-corrected chi connectivity index (χ4v) is 3.54.